The number of aromatic nitrogens is 1. The third-order valence-electron chi connectivity index (χ3n) is 2.75. The van der Waals surface area contributed by atoms with Crippen LogP contribution in [0.2, 0.25) is 5.02 Å². The number of carboxylic acids is 1. The van der Waals surface area contributed by atoms with Crippen molar-refractivity contribution in [3.05, 3.63) is 58.7 Å². The zero-order valence-electron chi connectivity index (χ0n) is 10.4. The highest BCUT2D eigenvalue weighted by atomic mass is 35.5. The van der Waals surface area contributed by atoms with Gasteiger partial charge in [-0.25, -0.2) is 9.78 Å². The standard InChI is InChI=1S/C14H13ClN2O2/c1-17(9-11-4-2-3-5-12(11)15)13-8-10(14(18)19)6-7-16-13/h2-8H,9H2,1H3,(H,18,19). The number of hydrogen-bond acceptors (Lipinski definition) is 3. The van der Waals surface area contributed by atoms with Crippen LogP contribution in [0, 0.1) is 0 Å². The van der Waals surface area contributed by atoms with E-state index < -0.39 is 5.97 Å². The van der Waals surface area contributed by atoms with E-state index in [2.05, 4.69) is 4.98 Å². The van der Waals surface area contributed by atoms with Gasteiger partial charge in [0, 0.05) is 24.8 Å². The maximum absolute atomic E-state index is 10.9. The quantitative estimate of drug-likeness (QED) is 0.932. The highest BCUT2D eigenvalue weighted by molar-refractivity contribution is 6.31. The van der Waals surface area contributed by atoms with Gasteiger partial charge in [0.25, 0.3) is 0 Å². The average Bonchev–Trinajstić information content (AvgIpc) is 2.41. The molecular formula is C14H13ClN2O2. The van der Waals surface area contributed by atoms with Crippen LogP contribution < -0.4 is 4.90 Å². The number of halogens is 1. The van der Waals surface area contributed by atoms with Crippen molar-refractivity contribution in [3.63, 3.8) is 0 Å². The molecule has 1 N–H and O–H groups in total. The lowest BCUT2D eigenvalue weighted by Gasteiger charge is -2.19. The number of hydrogen-bond donors (Lipinski definition) is 1. The van der Waals surface area contributed by atoms with Gasteiger partial charge in [0.2, 0.25) is 0 Å². The molecule has 0 aliphatic carbocycles. The van der Waals surface area contributed by atoms with Crippen molar-refractivity contribution in [2.75, 3.05) is 11.9 Å². The number of anilines is 1. The monoisotopic (exact) mass is 276 g/mol. The first-order valence-corrected chi connectivity index (χ1v) is 6.09. The van der Waals surface area contributed by atoms with Crippen molar-refractivity contribution in [1.29, 1.82) is 0 Å². The minimum atomic E-state index is -0.963. The van der Waals surface area contributed by atoms with Crippen molar-refractivity contribution in [2.45, 2.75) is 6.54 Å². The lowest BCUT2D eigenvalue weighted by atomic mass is 10.2. The number of carbonyl (C=O) groups is 1. The Kier molecular flexibility index (Phi) is 4.02. The van der Waals surface area contributed by atoms with Crippen LogP contribution in [0.1, 0.15) is 15.9 Å². The third kappa shape index (κ3) is 3.23. The van der Waals surface area contributed by atoms with Gasteiger partial charge in [0.1, 0.15) is 5.82 Å². The van der Waals surface area contributed by atoms with Gasteiger partial charge in [-0.15, -0.1) is 0 Å². The molecule has 0 aliphatic rings. The van der Waals surface area contributed by atoms with Crippen molar-refractivity contribution in [2.24, 2.45) is 0 Å². The number of aromatic carboxylic acids is 1. The number of benzene rings is 1. The molecule has 0 bridgehead atoms. The van der Waals surface area contributed by atoms with Crippen LogP contribution in [0.25, 0.3) is 0 Å². The van der Waals surface area contributed by atoms with E-state index in [9.17, 15) is 4.79 Å². The summed E-state index contributed by atoms with van der Waals surface area (Å²) in [5, 5.41) is 9.64. The fourth-order valence-corrected chi connectivity index (χ4v) is 1.92. The minimum absolute atomic E-state index is 0.219. The second-order valence-electron chi connectivity index (χ2n) is 4.16. The Balaban J connectivity index is 2.20. The molecule has 19 heavy (non-hydrogen) atoms. The second kappa shape index (κ2) is 5.71. The molecule has 2 rings (SSSR count). The summed E-state index contributed by atoms with van der Waals surface area (Å²) in [7, 11) is 1.84. The minimum Gasteiger partial charge on any atom is -0.478 e. The molecule has 0 unspecified atom stereocenters. The molecule has 1 heterocycles. The molecule has 0 fully saturated rings. The first-order chi connectivity index (χ1) is 9.08. The average molecular weight is 277 g/mol. The third-order valence-corrected chi connectivity index (χ3v) is 3.12. The van der Waals surface area contributed by atoms with Crippen LogP contribution in [0.3, 0.4) is 0 Å². The molecule has 0 radical (unpaired) electrons. The van der Waals surface area contributed by atoms with Crippen LogP contribution >= 0.6 is 11.6 Å². The van der Waals surface area contributed by atoms with Gasteiger partial charge in [-0.3, -0.25) is 0 Å². The van der Waals surface area contributed by atoms with Crippen LogP contribution in [-0.2, 0) is 6.54 Å². The van der Waals surface area contributed by atoms with E-state index >= 15 is 0 Å². The summed E-state index contributed by atoms with van der Waals surface area (Å²) in [4.78, 5) is 16.9. The van der Waals surface area contributed by atoms with Gasteiger partial charge in [0.05, 0.1) is 5.56 Å². The molecule has 0 aliphatic heterocycles. The lowest BCUT2D eigenvalue weighted by molar-refractivity contribution is 0.0697. The smallest absolute Gasteiger partial charge is 0.335 e. The SMILES string of the molecule is CN(Cc1ccccc1Cl)c1cc(C(=O)O)ccn1. The molecular weight excluding hydrogens is 264 g/mol. The molecule has 5 heteroatoms. The Morgan fingerprint density at radius 2 is 2.11 bits per heavy atom. The highest BCUT2D eigenvalue weighted by Gasteiger charge is 2.09. The van der Waals surface area contributed by atoms with E-state index in [1.165, 1.54) is 12.3 Å². The van der Waals surface area contributed by atoms with Gasteiger partial charge in [0.15, 0.2) is 0 Å². The number of rotatable bonds is 4. The van der Waals surface area contributed by atoms with Gasteiger partial charge in [-0.2, -0.15) is 0 Å². The van der Waals surface area contributed by atoms with E-state index in [1.807, 2.05) is 36.2 Å². The predicted molar refractivity (Wildman–Crippen MR) is 74.8 cm³/mol. The number of carboxylic acid groups (broad SMARTS) is 1. The van der Waals surface area contributed by atoms with E-state index in [1.54, 1.807) is 6.07 Å². The summed E-state index contributed by atoms with van der Waals surface area (Å²) >= 11 is 6.10. The van der Waals surface area contributed by atoms with Gasteiger partial charge in [-0.1, -0.05) is 29.8 Å². The molecule has 0 atom stereocenters. The molecule has 1 aromatic heterocycles. The molecule has 4 nitrogen and oxygen atoms in total. The van der Waals surface area contributed by atoms with Gasteiger partial charge >= 0.3 is 5.97 Å². The van der Waals surface area contributed by atoms with Crippen molar-refractivity contribution >= 4 is 23.4 Å². The van der Waals surface area contributed by atoms with Crippen LogP contribution in [0.15, 0.2) is 42.6 Å². The maximum atomic E-state index is 10.9. The summed E-state index contributed by atoms with van der Waals surface area (Å²) in [5.74, 6) is -0.366. The summed E-state index contributed by atoms with van der Waals surface area (Å²) in [5.41, 5.74) is 1.19. The fraction of sp³-hybridized carbons (Fsp3) is 0.143. The number of pyridine rings is 1. The predicted octanol–water partition coefficient (Wildman–Crippen LogP) is 3.07. The molecule has 0 spiro atoms. The summed E-state index contributed by atoms with van der Waals surface area (Å²) in [6.07, 6.45) is 1.49. The van der Waals surface area contributed by atoms with Crippen LogP contribution in [0.4, 0.5) is 5.82 Å². The molecule has 0 amide bonds. The van der Waals surface area contributed by atoms with Gasteiger partial charge in [-0.05, 0) is 23.8 Å². The maximum Gasteiger partial charge on any atom is 0.335 e. The zero-order valence-corrected chi connectivity index (χ0v) is 11.1. The van der Waals surface area contributed by atoms with E-state index in [4.69, 9.17) is 16.7 Å². The Morgan fingerprint density at radius 3 is 2.79 bits per heavy atom. The Labute approximate surface area is 116 Å². The Morgan fingerprint density at radius 1 is 1.37 bits per heavy atom. The van der Waals surface area contributed by atoms with Crippen molar-refractivity contribution in [3.8, 4) is 0 Å². The normalized spacial score (nSPS) is 10.2. The second-order valence-corrected chi connectivity index (χ2v) is 4.56. The van der Waals surface area contributed by atoms with Crippen molar-refractivity contribution in [1.82, 2.24) is 4.98 Å². The summed E-state index contributed by atoms with van der Waals surface area (Å²) in [6.45, 7) is 0.565. The van der Waals surface area contributed by atoms with Crippen molar-refractivity contribution < 1.29 is 9.90 Å². The molecule has 0 saturated heterocycles. The lowest BCUT2D eigenvalue weighted by Crippen LogP contribution is -2.18. The Hall–Kier alpha value is -2.07. The first-order valence-electron chi connectivity index (χ1n) is 5.72. The van der Waals surface area contributed by atoms with E-state index in [0.717, 1.165) is 5.56 Å². The summed E-state index contributed by atoms with van der Waals surface area (Å²) < 4.78 is 0. The zero-order chi connectivity index (χ0) is 13.8. The molecule has 1 aromatic carbocycles. The largest absolute Gasteiger partial charge is 0.478 e. The van der Waals surface area contributed by atoms with Gasteiger partial charge < -0.3 is 10.0 Å². The fourth-order valence-electron chi connectivity index (χ4n) is 1.72. The molecule has 0 saturated carbocycles. The molecule has 2 aromatic rings. The highest BCUT2D eigenvalue weighted by Crippen LogP contribution is 2.19. The first kappa shape index (κ1) is 13.4. The topological polar surface area (TPSA) is 53.4 Å². The molecule has 98 valence electrons. The number of nitrogens with zero attached hydrogens (tertiary/aromatic N) is 2. The Bertz CT molecular complexity index is 602. The van der Waals surface area contributed by atoms with E-state index in [0.29, 0.717) is 17.4 Å². The van der Waals surface area contributed by atoms with Crippen LogP contribution in [-0.4, -0.2) is 23.1 Å². The van der Waals surface area contributed by atoms with Crippen LogP contribution in [0.5, 0.6) is 0 Å². The van der Waals surface area contributed by atoms with E-state index in [-0.39, 0.29) is 5.56 Å². The summed E-state index contributed by atoms with van der Waals surface area (Å²) in [6, 6.07) is 10.5.